The predicted octanol–water partition coefficient (Wildman–Crippen LogP) is 0.232. The van der Waals surface area contributed by atoms with E-state index in [1.54, 1.807) is 37.3 Å². The van der Waals surface area contributed by atoms with Gasteiger partial charge in [0.2, 0.25) is 16.7 Å². The monoisotopic (exact) mass is 759 g/mol. The summed E-state index contributed by atoms with van der Waals surface area (Å²) in [6.07, 6.45) is 6.34. The summed E-state index contributed by atoms with van der Waals surface area (Å²) in [7, 11) is 0. The van der Waals surface area contributed by atoms with Crippen LogP contribution in [0.25, 0.3) is 0 Å². The molecule has 0 radical (unpaired) electrons. The highest BCUT2D eigenvalue weighted by molar-refractivity contribution is 8.02. The molecule has 2 aromatic rings. The van der Waals surface area contributed by atoms with E-state index in [1.807, 2.05) is 0 Å². The second kappa shape index (κ2) is 15.2. The Morgan fingerprint density at radius 3 is 2.46 bits per heavy atom. The van der Waals surface area contributed by atoms with Crippen LogP contribution in [0.1, 0.15) is 24.1 Å². The Morgan fingerprint density at radius 1 is 1.07 bits per heavy atom. The summed E-state index contributed by atoms with van der Waals surface area (Å²) >= 11 is 0.916. The van der Waals surface area contributed by atoms with Crippen LogP contribution in [0.5, 0.6) is 0 Å². The Balaban J connectivity index is 1.21. The first kappa shape index (κ1) is 37.3. The number of nitrogens with zero attached hydrogens (tertiary/aromatic N) is 7. The number of esters is 1. The zero-order valence-electron chi connectivity index (χ0n) is 28.7. The molecule has 0 aromatic heterocycles. The highest BCUT2D eigenvalue weighted by Crippen LogP contribution is 2.50. The number of piperazine rings is 1. The van der Waals surface area contributed by atoms with Crippen LogP contribution in [-0.2, 0) is 35.3 Å². The molecule has 4 fully saturated rings. The number of nitro benzene ring substituents is 1. The number of hydrogen-bond acceptors (Lipinski definition) is 12. The third-order valence-electron chi connectivity index (χ3n) is 9.27. The minimum Gasteiger partial charge on any atom is -0.458 e. The van der Waals surface area contributed by atoms with E-state index < -0.39 is 68.9 Å². The summed E-state index contributed by atoms with van der Waals surface area (Å²) in [5.74, 6) is -1.97. The molecule has 4 saturated heterocycles. The molecule has 4 atom stereocenters. The van der Waals surface area contributed by atoms with Gasteiger partial charge in [-0.25, -0.2) is 19.4 Å². The zero-order chi connectivity index (χ0) is 38.7. The summed E-state index contributed by atoms with van der Waals surface area (Å²) in [5.41, 5.74) is 0.583. The highest BCUT2D eigenvalue weighted by Gasteiger charge is 2.67. The SMILES string of the molecule is C#CC=NN1CCN([C@]2(C(=O)OCc3ccc([N+](=O)[O-])cc3)CN3C(=O)[C@@H](NC(=O)[C@H](NC(=O)N4CCN(CC)C(=O)C4=O)c4ccccc4)[C@H]3S2)C1=O. The van der Waals surface area contributed by atoms with Gasteiger partial charge in [-0.15, -0.1) is 6.42 Å². The van der Waals surface area contributed by atoms with Crippen molar-refractivity contribution in [3.8, 4) is 12.3 Å². The summed E-state index contributed by atoms with van der Waals surface area (Å²) in [6.45, 7) is 1.46. The zero-order valence-corrected chi connectivity index (χ0v) is 29.5. The second-order valence-electron chi connectivity index (χ2n) is 12.3. The van der Waals surface area contributed by atoms with Crippen LogP contribution < -0.4 is 10.6 Å². The number of amides is 8. The van der Waals surface area contributed by atoms with Crippen LogP contribution in [0.4, 0.5) is 15.3 Å². The number of urea groups is 2. The maximum atomic E-state index is 14.0. The average Bonchev–Trinajstić information content (AvgIpc) is 3.74. The van der Waals surface area contributed by atoms with Gasteiger partial charge in [0.25, 0.3) is 5.69 Å². The molecule has 0 bridgehead atoms. The molecule has 0 saturated carbocycles. The molecular formula is C34H33N9O10S. The molecule has 280 valence electrons. The summed E-state index contributed by atoms with van der Waals surface area (Å²) in [4.78, 5) is 107. The number of hydrazone groups is 1. The maximum Gasteiger partial charge on any atom is 0.345 e. The molecule has 8 amide bonds. The fourth-order valence-electron chi connectivity index (χ4n) is 6.40. The minimum atomic E-state index is -1.79. The molecule has 4 aliphatic heterocycles. The van der Waals surface area contributed by atoms with E-state index in [9.17, 15) is 43.7 Å². The first-order valence-electron chi connectivity index (χ1n) is 16.6. The number of rotatable bonds is 11. The fourth-order valence-corrected chi connectivity index (χ4v) is 8.09. The van der Waals surface area contributed by atoms with Crippen molar-refractivity contribution in [3.63, 3.8) is 0 Å². The Bertz CT molecular complexity index is 1970. The number of non-ortho nitro benzene ring substituents is 1. The predicted molar refractivity (Wildman–Crippen MR) is 188 cm³/mol. The van der Waals surface area contributed by atoms with Gasteiger partial charge in [-0.1, -0.05) is 48.0 Å². The molecule has 2 N–H and O–H groups in total. The first-order valence-corrected chi connectivity index (χ1v) is 17.5. The van der Waals surface area contributed by atoms with Crippen molar-refractivity contribution in [2.45, 2.75) is 35.9 Å². The third kappa shape index (κ3) is 6.88. The number of carbonyl (C=O) groups excluding carboxylic acids is 7. The molecule has 4 aliphatic rings. The molecule has 2 aromatic carbocycles. The molecule has 54 heavy (non-hydrogen) atoms. The van der Waals surface area contributed by atoms with E-state index in [4.69, 9.17) is 11.2 Å². The smallest absolute Gasteiger partial charge is 0.345 e. The lowest BCUT2D eigenvalue weighted by atomic mass is 10.0. The average molecular weight is 760 g/mol. The lowest BCUT2D eigenvalue weighted by Gasteiger charge is -2.41. The van der Waals surface area contributed by atoms with E-state index in [-0.39, 0.29) is 51.6 Å². The van der Waals surface area contributed by atoms with E-state index in [1.165, 1.54) is 39.0 Å². The van der Waals surface area contributed by atoms with Crippen LogP contribution in [0.15, 0.2) is 59.7 Å². The van der Waals surface area contributed by atoms with Crippen molar-refractivity contribution in [2.75, 3.05) is 39.3 Å². The van der Waals surface area contributed by atoms with Crippen molar-refractivity contribution in [1.29, 1.82) is 0 Å². The molecular weight excluding hydrogens is 726 g/mol. The number of nitrogens with one attached hydrogen (secondary N) is 2. The standard InChI is InChI=1S/C34H33N9O10S/c1-3-14-35-42-18-17-41(33(42)50)34(31(48)53-19-21-10-12-23(13-11-21)43(51)52)20-40-27(45)25(30(40)54-34)36-26(44)24(22-8-6-5-7-9-22)37-32(49)39-16-15-38(4-2)28(46)29(39)47/h1,5-14,24-25,30H,4,15-20H2,2H3,(H,36,44)(H,37,49)/t24-,25-,30-,34-/m1/s1. The normalized spacial score (nSPS) is 22.9. The van der Waals surface area contributed by atoms with Crippen LogP contribution >= 0.6 is 11.8 Å². The van der Waals surface area contributed by atoms with Crippen LogP contribution in [0.3, 0.4) is 0 Å². The third-order valence-corrected chi connectivity index (χ3v) is 10.9. The second-order valence-corrected chi connectivity index (χ2v) is 13.7. The minimum absolute atomic E-state index is 0.00199. The van der Waals surface area contributed by atoms with Crippen LogP contribution in [0.2, 0.25) is 0 Å². The maximum absolute atomic E-state index is 14.0. The first-order chi connectivity index (χ1) is 25.9. The van der Waals surface area contributed by atoms with Crippen LogP contribution in [0, 0.1) is 22.5 Å². The van der Waals surface area contributed by atoms with Gasteiger partial charge in [-0.2, -0.15) is 5.10 Å². The molecule has 6 rings (SSSR count). The Morgan fingerprint density at radius 2 is 1.80 bits per heavy atom. The van der Waals surface area contributed by atoms with Gasteiger partial charge in [0.15, 0.2) is 0 Å². The summed E-state index contributed by atoms with van der Waals surface area (Å²) < 4.78 is 5.65. The number of hydrogen-bond donors (Lipinski definition) is 2. The van der Waals surface area contributed by atoms with E-state index in [0.29, 0.717) is 11.1 Å². The van der Waals surface area contributed by atoms with Gasteiger partial charge >= 0.3 is 29.8 Å². The fraction of sp³-hybridized carbons (Fsp3) is 0.353. The van der Waals surface area contributed by atoms with Gasteiger partial charge in [0, 0.05) is 38.3 Å². The lowest BCUT2D eigenvalue weighted by molar-refractivity contribution is -0.384. The number of terminal acetylenes is 1. The highest BCUT2D eigenvalue weighted by atomic mass is 32.2. The largest absolute Gasteiger partial charge is 0.458 e. The molecule has 4 heterocycles. The van der Waals surface area contributed by atoms with Crippen molar-refractivity contribution >= 4 is 65.3 Å². The quantitative estimate of drug-likeness (QED) is 0.0600. The van der Waals surface area contributed by atoms with Crippen LogP contribution in [-0.4, -0.2) is 133 Å². The van der Waals surface area contributed by atoms with Gasteiger partial charge in [-0.05, 0) is 30.2 Å². The number of benzene rings is 2. The number of thioether (sulfide) groups is 1. The van der Waals surface area contributed by atoms with Gasteiger partial charge in [-0.3, -0.25) is 39.1 Å². The number of fused-ring (bicyclic) bond motifs is 1. The number of carbonyl (C=O) groups is 7. The number of likely N-dealkylation sites (N-methyl/N-ethyl adjacent to an activating group) is 1. The number of ether oxygens (including phenoxy) is 1. The molecule has 0 unspecified atom stereocenters. The van der Waals surface area contributed by atoms with Crippen molar-refractivity contribution in [3.05, 3.63) is 75.8 Å². The van der Waals surface area contributed by atoms with E-state index in [0.717, 1.165) is 27.9 Å². The number of imide groups is 1. The molecule has 20 heteroatoms. The number of β-lactam (4-membered cyclic amide) rings is 1. The molecule has 0 aliphatic carbocycles. The van der Waals surface area contributed by atoms with Gasteiger partial charge in [0.05, 0.1) is 24.2 Å². The molecule has 19 nitrogen and oxygen atoms in total. The Hall–Kier alpha value is -6.49. The topological polar surface area (TPSA) is 224 Å². The summed E-state index contributed by atoms with van der Waals surface area (Å²) in [5, 5.41) is 20.4. The number of nitro groups is 1. The Kier molecular flexibility index (Phi) is 10.5. The summed E-state index contributed by atoms with van der Waals surface area (Å²) in [6, 6.07) is 9.12. The Labute approximate surface area is 311 Å². The van der Waals surface area contributed by atoms with E-state index in [2.05, 4.69) is 21.7 Å². The molecule has 0 spiro atoms. The van der Waals surface area contributed by atoms with Crippen molar-refractivity contribution < 1.29 is 43.2 Å². The van der Waals surface area contributed by atoms with E-state index >= 15 is 0 Å². The van der Waals surface area contributed by atoms with Crippen molar-refractivity contribution in [1.82, 2.24) is 35.2 Å². The van der Waals surface area contributed by atoms with Gasteiger partial charge < -0.3 is 25.2 Å². The van der Waals surface area contributed by atoms with Crippen molar-refractivity contribution in [2.24, 2.45) is 5.10 Å². The lowest BCUT2D eigenvalue weighted by Crippen LogP contribution is -2.68. The van der Waals surface area contributed by atoms with Gasteiger partial charge in [0.1, 0.15) is 24.1 Å².